The molecule has 0 aliphatic carbocycles. The lowest BCUT2D eigenvalue weighted by Crippen LogP contribution is -2.41. The Morgan fingerprint density at radius 2 is 2.21 bits per heavy atom. The van der Waals surface area contributed by atoms with Gasteiger partial charge in [0, 0.05) is 24.9 Å². The van der Waals surface area contributed by atoms with E-state index < -0.39 is 0 Å². The highest BCUT2D eigenvalue weighted by Crippen LogP contribution is 2.15. The van der Waals surface area contributed by atoms with Crippen LogP contribution in [0.25, 0.3) is 0 Å². The van der Waals surface area contributed by atoms with Gasteiger partial charge in [-0.2, -0.15) is 0 Å². The molecule has 0 saturated carbocycles. The van der Waals surface area contributed by atoms with Crippen molar-refractivity contribution in [2.45, 2.75) is 19.4 Å². The molecule has 2 unspecified atom stereocenters. The van der Waals surface area contributed by atoms with Gasteiger partial charge in [-0.3, -0.25) is 0 Å². The van der Waals surface area contributed by atoms with Gasteiger partial charge in [0.05, 0.1) is 0 Å². The number of nitrogens with one attached hydrogen (secondary N) is 1. The van der Waals surface area contributed by atoms with Crippen LogP contribution in [0.15, 0.2) is 18.5 Å². The maximum Gasteiger partial charge on any atom is 0.316 e. The van der Waals surface area contributed by atoms with Crippen molar-refractivity contribution < 1.29 is 4.74 Å². The van der Waals surface area contributed by atoms with Gasteiger partial charge in [0.1, 0.15) is 6.10 Å². The van der Waals surface area contributed by atoms with Gasteiger partial charge in [-0.25, -0.2) is 9.97 Å². The van der Waals surface area contributed by atoms with E-state index in [-0.39, 0.29) is 6.10 Å². The maximum absolute atomic E-state index is 5.71. The van der Waals surface area contributed by atoms with Crippen molar-refractivity contribution in [3.05, 3.63) is 18.5 Å². The number of hydrogen-bond donors (Lipinski definition) is 1. The average Bonchev–Trinajstić information content (AvgIpc) is 2.23. The van der Waals surface area contributed by atoms with E-state index in [1.165, 1.54) is 0 Å². The lowest BCUT2D eigenvalue weighted by Gasteiger charge is -2.28. The lowest BCUT2D eigenvalue weighted by atomic mass is 9.98. The SMILES string of the molecule is CC1CNCCC1Oc1ncccn1. The topological polar surface area (TPSA) is 47.0 Å². The highest BCUT2D eigenvalue weighted by molar-refractivity contribution is 4.95. The van der Waals surface area contributed by atoms with E-state index >= 15 is 0 Å². The minimum absolute atomic E-state index is 0.249. The Morgan fingerprint density at radius 1 is 1.43 bits per heavy atom. The lowest BCUT2D eigenvalue weighted by molar-refractivity contribution is 0.101. The van der Waals surface area contributed by atoms with Crippen LogP contribution in [0.2, 0.25) is 0 Å². The molecule has 1 aliphatic rings. The van der Waals surface area contributed by atoms with Gasteiger partial charge in [-0.15, -0.1) is 0 Å². The van der Waals surface area contributed by atoms with E-state index in [2.05, 4.69) is 22.2 Å². The van der Waals surface area contributed by atoms with Crippen molar-refractivity contribution in [2.24, 2.45) is 5.92 Å². The Balaban J connectivity index is 1.96. The summed E-state index contributed by atoms with van der Waals surface area (Å²) in [6, 6.07) is 2.28. The summed E-state index contributed by atoms with van der Waals surface area (Å²) in [5.41, 5.74) is 0. The van der Waals surface area contributed by atoms with Gasteiger partial charge in [-0.1, -0.05) is 6.92 Å². The molecule has 0 spiro atoms. The van der Waals surface area contributed by atoms with Crippen LogP contribution in [0, 0.1) is 5.92 Å². The molecule has 2 rings (SSSR count). The maximum atomic E-state index is 5.71. The van der Waals surface area contributed by atoms with E-state index in [9.17, 15) is 0 Å². The molecular weight excluding hydrogens is 178 g/mol. The molecule has 2 atom stereocenters. The molecule has 4 nitrogen and oxygen atoms in total. The zero-order valence-corrected chi connectivity index (χ0v) is 8.31. The minimum Gasteiger partial charge on any atom is -0.460 e. The van der Waals surface area contributed by atoms with Crippen LogP contribution >= 0.6 is 0 Å². The highest BCUT2D eigenvalue weighted by Gasteiger charge is 2.23. The Labute approximate surface area is 83.7 Å². The van der Waals surface area contributed by atoms with Crippen LogP contribution in [0.5, 0.6) is 6.01 Å². The summed E-state index contributed by atoms with van der Waals surface area (Å²) in [5.74, 6) is 0.521. The van der Waals surface area contributed by atoms with Gasteiger partial charge in [0.25, 0.3) is 0 Å². The van der Waals surface area contributed by atoms with E-state index in [1.807, 2.05) is 0 Å². The molecule has 1 N–H and O–H groups in total. The van der Waals surface area contributed by atoms with Crippen molar-refractivity contribution in [3.8, 4) is 6.01 Å². The quantitative estimate of drug-likeness (QED) is 0.756. The number of ether oxygens (including phenoxy) is 1. The molecule has 0 aromatic carbocycles. The van der Waals surface area contributed by atoms with Gasteiger partial charge >= 0.3 is 6.01 Å². The molecule has 4 heteroatoms. The third kappa shape index (κ3) is 2.20. The van der Waals surface area contributed by atoms with Crippen LogP contribution in [0.4, 0.5) is 0 Å². The Hall–Kier alpha value is -1.16. The molecule has 0 amide bonds. The molecular formula is C10H15N3O. The normalized spacial score (nSPS) is 27.2. The van der Waals surface area contributed by atoms with Crippen LogP contribution in [-0.2, 0) is 0 Å². The molecule has 14 heavy (non-hydrogen) atoms. The molecule has 1 aromatic rings. The summed E-state index contributed by atoms with van der Waals surface area (Å²) in [4.78, 5) is 8.11. The fourth-order valence-corrected chi connectivity index (χ4v) is 1.65. The van der Waals surface area contributed by atoms with Crippen molar-refractivity contribution in [3.63, 3.8) is 0 Å². The van der Waals surface area contributed by atoms with E-state index in [1.54, 1.807) is 18.5 Å². The standard InChI is InChI=1S/C10H15N3O/c1-8-7-11-6-3-9(8)14-10-12-4-2-5-13-10/h2,4-5,8-9,11H,3,6-7H2,1H3. The first kappa shape index (κ1) is 9.40. The smallest absolute Gasteiger partial charge is 0.316 e. The summed E-state index contributed by atoms with van der Waals surface area (Å²) in [7, 11) is 0. The fraction of sp³-hybridized carbons (Fsp3) is 0.600. The number of hydrogen-bond acceptors (Lipinski definition) is 4. The summed E-state index contributed by atoms with van der Waals surface area (Å²) in [5, 5.41) is 3.33. The summed E-state index contributed by atoms with van der Waals surface area (Å²) in [6.07, 6.45) is 4.68. The van der Waals surface area contributed by atoms with Crippen LogP contribution in [0.1, 0.15) is 13.3 Å². The van der Waals surface area contributed by atoms with Gasteiger partial charge in [0.2, 0.25) is 0 Å². The fourth-order valence-electron chi connectivity index (χ4n) is 1.65. The molecule has 1 aromatic heterocycles. The van der Waals surface area contributed by atoms with Gasteiger partial charge < -0.3 is 10.1 Å². The Bertz CT molecular complexity index is 278. The van der Waals surface area contributed by atoms with Gasteiger partial charge in [-0.05, 0) is 19.0 Å². The number of rotatable bonds is 2. The molecule has 1 aliphatic heterocycles. The zero-order chi connectivity index (χ0) is 9.80. The Morgan fingerprint density at radius 3 is 2.93 bits per heavy atom. The van der Waals surface area contributed by atoms with Crippen molar-refractivity contribution in [1.29, 1.82) is 0 Å². The van der Waals surface area contributed by atoms with Crippen LogP contribution in [0.3, 0.4) is 0 Å². The summed E-state index contributed by atoms with van der Waals surface area (Å²) in [6.45, 7) is 4.21. The summed E-state index contributed by atoms with van der Waals surface area (Å²) >= 11 is 0. The van der Waals surface area contributed by atoms with E-state index in [0.29, 0.717) is 11.9 Å². The number of aromatic nitrogens is 2. The van der Waals surface area contributed by atoms with Gasteiger partial charge in [0.15, 0.2) is 0 Å². The highest BCUT2D eigenvalue weighted by atomic mass is 16.5. The van der Waals surface area contributed by atoms with Crippen molar-refractivity contribution in [2.75, 3.05) is 13.1 Å². The largest absolute Gasteiger partial charge is 0.460 e. The molecule has 0 bridgehead atoms. The van der Waals surface area contributed by atoms with Crippen molar-refractivity contribution in [1.82, 2.24) is 15.3 Å². The monoisotopic (exact) mass is 193 g/mol. The minimum atomic E-state index is 0.249. The number of nitrogens with zero attached hydrogens (tertiary/aromatic N) is 2. The third-order valence-corrected chi connectivity index (χ3v) is 2.51. The number of piperidine rings is 1. The first-order valence-electron chi connectivity index (χ1n) is 5.00. The average molecular weight is 193 g/mol. The molecule has 0 radical (unpaired) electrons. The first-order valence-corrected chi connectivity index (χ1v) is 5.00. The second-order valence-corrected chi connectivity index (χ2v) is 3.66. The third-order valence-electron chi connectivity index (χ3n) is 2.51. The molecule has 2 heterocycles. The van der Waals surface area contributed by atoms with E-state index in [0.717, 1.165) is 19.5 Å². The Kier molecular flexibility index (Phi) is 2.93. The van der Waals surface area contributed by atoms with Crippen LogP contribution < -0.4 is 10.1 Å². The second-order valence-electron chi connectivity index (χ2n) is 3.66. The first-order chi connectivity index (χ1) is 6.86. The zero-order valence-electron chi connectivity index (χ0n) is 8.31. The molecule has 1 fully saturated rings. The van der Waals surface area contributed by atoms with Crippen LogP contribution in [-0.4, -0.2) is 29.2 Å². The van der Waals surface area contributed by atoms with E-state index in [4.69, 9.17) is 4.74 Å². The van der Waals surface area contributed by atoms with Crippen molar-refractivity contribution >= 4 is 0 Å². The summed E-state index contributed by atoms with van der Waals surface area (Å²) < 4.78 is 5.71. The second kappa shape index (κ2) is 4.37. The predicted octanol–water partition coefficient (Wildman–Crippen LogP) is 0.853. The molecule has 76 valence electrons. The molecule has 1 saturated heterocycles. The predicted molar refractivity (Wildman–Crippen MR) is 53.1 cm³/mol.